The van der Waals surface area contributed by atoms with Crippen molar-refractivity contribution in [3.05, 3.63) is 29.8 Å². The number of ether oxygens (including phenoxy) is 1. The highest BCUT2D eigenvalue weighted by molar-refractivity contribution is 5.92. The number of morpholine rings is 1. The Morgan fingerprint density at radius 3 is 2.89 bits per heavy atom. The Kier molecular flexibility index (Phi) is 4.56. The Morgan fingerprint density at radius 2 is 2.16 bits per heavy atom. The summed E-state index contributed by atoms with van der Waals surface area (Å²) < 4.78 is 5.57. The Labute approximate surface area is 114 Å². The van der Waals surface area contributed by atoms with Crippen molar-refractivity contribution >= 4 is 11.6 Å². The van der Waals surface area contributed by atoms with E-state index in [0.29, 0.717) is 19.2 Å². The maximum absolute atomic E-state index is 12.1. The van der Waals surface area contributed by atoms with Crippen LogP contribution in [0.25, 0.3) is 0 Å². The molecule has 0 saturated carbocycles. The largest absolute Gasteiger partial charge is 0.376 e. The van der Waals surface area contributed by atoms with E-state index in [9.17, 15) is 4.79 Å². The Morgan fingerprint density at radius 1 is 1.42 bits per heavy atom. The molecular weight excluding hydrogens is 240 g/mol. The molecule has 104 valence electrons. The van der Waals surface area contributed by atoms with E-state index < -0.39 is 0 Å². The van der Waals surface area contributed by atoms with E-state index in [4.69, 9.17) is 4.74 Å². The zero-order chi connectivity index (χ0) is 13.8. The number of aryl methyl sites for hydroxylation is 1. The lowest BCUT2D eigenvalue weighted by Crippen LogP contribution is -2.50. The first-order valence-corrected chi connectivity index (χ1v) is 6.77. The van der Waals surface area contributed by atoms with Gasteiger partial charge in [-0.2, -0.15) is 0 Å². The van der Waals surface area contributed by atoms with Crippen LogP contribution in [0.2, 0.25) is 0 Å². The maximum atomic E-state index is 12.1. The summed E-state index contributed by atoms with van der Waals surface area (Å²) in [4.78, 5) is 14.3. The molecule has 1 aromatic rings. The number of rotatable bonds is 3. The third-order valence-corrected chi connectivity index (χ3v) is 3.50. The zero-order valence-corrected chi connectivity index (χ0v) is 11.8. The second-order valence-corrected chi connectivity index (χ2v) is 5.29. The van der Waals surface area contributed by atoms with Crippen LogP contribution in [0.15, 0.2) is 24.3 Å². The lowest BCUT2D eigenvalue weighted by Gasteiger charge is -2.36. The molecule has 4 heteroatoms. The molecule has 19 heavy (non-hydrogen) atoms. The predicted molar refractivity (Wildman–Crippen MR) is 76.3 cm³/mol. The number of benzene rings is 1. The van der Waals surface area contributed by atoms with E-state index in [0.717, 1.165) is 17.8 Å². The lowest BCUT2D eigenvalue weighted by atomic mass is 10.2. The van der Waals surface area contributed by atoms with Crippen LogP contribution in [-0.4, -0.2) is 42.6 Å². The van der Waals surface area contributed by atoms with Crippen LogP contribution in [0, 0.1) is 6.92 Å². The summed E-state index contributed by atoms with van der Waals surface area (Å²) in [5.41, 5.74) is 1.97. The van der Waals surface area contributed by atoms with Gasteiger partial charge < -0.3 is 10.1 Å². The number of amides is 1. The minimum atomic E-state index is 0.0373. The second-order valence-electron chi connectivity index (χ2n) is 5.29. The summed E-state index contributed by atoms with van der Waals surface area (Å²) in [5.74, 6) is 0.0373. The van der Waals surface area contributed by atoms with Crippen LogP contribution in [0.4, 0.5) is 5.69 Å². The Hall–Kier alpha value is -1.39. The normalized spacial score (nSPS) is 24.2. The van der Waals surface area contributed by atoms with Crippen LogP contribution in [0.5, 0.6) is 0 Å². The number of para-hydroxylation sites is 1. The average Bonchev–Trinajstić information content (AvgIpc) is 2.37. The quantitative estimate of drug-likeness (QED) is 0.906. The van der Waals surface area contributed by atoms with Gasteiger partial charge in [0.05, 0.1) is 19.3 Å². The molecule has 0 bridgehead atoms. The fourth-order valence-corrected chi connectivity index (χ4v) is 2.28. The smallest absolute Gasteiger partial charge is 0.238 e. The van der Waals surface area contributed by atoms with Gasteiger partial charge in [0.15, 0.2) is 0 Å². The molecule has 1 saturated heterocycles. The first kappa shape index (κ1) is 14.0. The van der Waals surface area contributed by atoms with Crippen LogP contribution in [0.1, 0.15) is 19.4 Å². The summed E-state index contributed by atoms with van der Waals surface area (Å²) in [5, 5.41) is 2.97. The molecule has 1 heterocycles. The molecule has 0 aromatic heterocycles. The van der Waals surface area contributed by atoms with Crippen molar-refractivity contribution in [2.24, 2.45) is 0 Å². The molecule has 0 spiro atoms. The molecule has 1 amide bonds. The van der Waals surface area contributed by atoms with Crippen LogP contribution in [0.3, 0.4) is 0 Å². The number of hydrogen-bond donors (Lipinski definition) is 1. The first-order chi connectivity index (χ1) is 9.06. The van der Waals surface area contributed by atoms with Crippen molar-refractivity contribution in [3.8, 4) is 0 Å². The van der Waals surface area contributed by atoms with Crippen LogP contribution in [-0.2, 0) is 9.53 Å². The topological polar surface area (TPSA) is 41.6 Å². The van der Waals surface area contributed by atoms with Crippen molar-refractivity contribution < 1.29 is 9.53 Å². The third kappa shape index (κ3) is 3.78. The Bertz CT molecular complexity index is 448. The minimum Gasteiger partial charge on any atom is -0.376 e. The van der Waals surface area contributed by atoms with Crippen molar-refractivity contribution in [1.82, 2.24) is 4.90 Å². The molecule has 4 nitrogen and oxygen atoms in total. The van der Waals surface area contributed by atoms with Crippen molar-refractivity contribution in [2.45, 2.75) is 32.9 Å². The molecule has 1 fully saturated rings. The lowest BCUT2D eigenvalue weighted by molar-refractivity contribution is -0.121. The molecule has 1 aliphatic heterocycles. The maximum Gasteiger partial charge on any atom is 0.238 e. The minimum absolute atomic E-state index is 0.0373. The molecule has 0 radical (unpaired) electrons. The SMILES string of the molecule is Cc1ccccc1NC(=O)CN1CC(C)OCC1C. The average molecular weight is 262 g/mol. The summed E-state index contributed by atoms with van der Waals surface area (Å²) in [7, 11) is 0. The highest BCUT2D eigenvalue weighted by Gasteiger charge is 2.25. The van der Waals surface area contributed by atoms with Crippen molar-refractivity contribution in [3.63, 3.8) is 0 Å². The molecule has 1 N–H and O–H groups in total. The standard InChI is InChI=1S/C15H22N2O2/c1-11-6-4-5-7-14(11)16-15(18)9-17-8-13(3)19-10-12(17)2/h4-7,12-13H,8-10H2,1-3H3,(H,16,18). The van der Waals surface area contributed by atoms with Crippen molar-refractivity contribution in [2.75, 3.05) is 25.0 Å². The number of anilines is 1. The number of carbonyl (C=O) groups is 1. The molecule has 0 aliphatic carbocycles. The predicted octanol–water partition coefficient (Wildman–Crippen LogP) is 2.04. The van der Waals surface area contributed by atoms with E-state index in [1.165, 1.54) is 0 Å². The van der Waals surface area contributed by atoms with E-state index in [1.807, 2.05) is 38.1 Å². The van der Waals surface area contributed by atoms with Crippen LogP contribution < -0.4 is 5.32 Å². The highest BCUT2D eigenvalue weighted by atomic mass is 16.5. The summed E-state index contributed by atoms with van der Waals surface area (Å²) >= 11 is 0. The summed E-state index contributed by atoms with van der Waals surface area (Å²) in [6.07, 6.45) is 0.197. The molecule has 1 aliphatic rings. The zero-order valence-electron chi connectivity index (χ0n) is 11.8. The second kappa shape index (κ2) is 6.17. The first-order valence-electron chi connectivity index (χ1n) is 6.77. The van der Waals surface area contributed by atoms with Crippen LogP contribution >= 0.6 is 0 Å². The number of hydrogen-bond acceptors (Lipinski definition) is 3. The van der Waals surface area contributed by atoms with Gasteiger partial charge >= 0.3 is 0 Å². The summed E-state index contributed by atoms with van der Waals surface area (Å²) in [6.45, 7) is 8.05. The highest BCUT2D eigenvalue weighted by Crippen LogP contribution is 2.14. The molecule has 2 atom stereocenters. The van der Waals surface area contributed by atoms with E-state index >= 15 is 0 Å². The van der Waals surface area contributed by atoms with E-state index in [1.54, 1.807) is 0 Å². The van der Waals surface area contributed by atoms with Gasteiger partial charge in [0, 0.05) is 18.3 Å². The van der Waals surface area contributed by atoms with E-state index in [-0.39, 0.29) is 12.0 Å². The fourth-order valence-electron chi connectivity index (χ4n) is 2.28. The third-order valence-electron chi connectivity index (χ3n) is 3.50. The monoisotopic (exact) mass is 262 g/mol. The number of nitrogens with zero attached hydrogens (tertiary/aromatic N) is 1. The molecule has 2 rings (SSSR count). The van der Waals surface area contributed by atoms with Gasteiger partial charge in [-0.25, -0.2) is 0 Å². The van der Waals surface area contributed by atoms with Gasteiger partial charge in [0.1, 0.15) is 0 Å². The summed E-state index contributed by atoms with van der Waals surface area (Å²) in [6, 6.07) is 8.12. The van der Waals surface area contributed by atoms with Crippen molar-refractivity contribution in [1.29, 1.82) is 0 Å². The molecule has 2 unspecified atom stereocenters. The number of carbonyl (C=O) groups excluding carboxylic acids is 1. The van der Waals surface area contributed by atoms with Gasteiger partial charge in [-0.3, -0.25) is 9.69 Å². The van der Waals surface area contributed by atoms with Gasteiger partial charge in [0.25, 0.3) is 0 Å². The van der Waals surface area contributed by atoms with Gasteiger partial charge in [0.2, 0.25) is 5.91 Å². The van der Waals surface area contributed by atoms with E-state index in [2.05, 4.69) is 17.1 Å². The van der Waals surface area contributed by atoms with Gasteiger partial charge in [-0.15, -0.1) is 0 Å². The Balaban J connectivity index is 1.92. The van der Waals surface area contributed by atoms with Gasteiger partial charge in [-0.05, 0) is 32.4 Å². The number of nitrogens with one attached hydrogen (secondary N) is 1. The molecular formula is C15H22N2O2. The van der Waals surface area contributed by atoms with Gasteiger partial charge in [-0.1, -0.05) is 18.2 Å². The fraction of sp³-hybridized carbons (Fsp3) is 0.533. The molecule has 1 aromatic carbocycles.